The minimum atomic E-state index is -0.666. The minimum Gasteiger partial charge on any atom is -0.393 e. The van der Waals surface area contributed by atoms with Crippen LogP contribution in [0.25, 0.3) is 0 Å². The first kappa shape index (κ1) is 14.9. The molecule has 0 saturated carbocycles. The predicted octanol–water partition coefficient (Wildman–Crippen LogP) is 3.33. The number of nitro groups is 1. The second-order valence-electron chi connectivity index (χ2n) is 4.08. The van der Waals surface area contributed by atoms with Gasteiger partial charge in [0, 0.05) is 11.8 Å². The maximum atomic E-state index is 13.1. The van der Waals surface area contributed by atoms with E-state index in [1.807, 2.05) is 0 Å². The van der Waals surface area contributed by atoms with Crippen molar-refractivity contribution in [3.63, 3.8) is 0 Å². The van der Waals surface area contributed by atoms with E-state index in [0.29, 0.717) is 5.69 Å². The highest BCUT2D eigenvalue weighted by Crippen LogP contribution is 2.26. The van der Waals surface area contributed by atoms with E-state index in [2.05, 4.69) is 21.2 Å². The van der Waals surface area contributed by atoms with Crippen LogP contribution in [0, 0.1) is 15.9 Å². The van der Waals surface area contributed by atoms with Crippen molar-refractivity contribution < 1.29 is 14.1 Å². The van der Waals surface area contributed by atoms with E-state index < -0.39 is 16.6 Å². The number of amides is 1. The Labute approximate surface area is 127 Å². The van der Waals surface area contributed by atoms with Gasteiger partial charge in [-0.05, 0) is 40.2 Å². The molecule has 0 spiro atoms. The van der Waals surface area contributed by atoms with Gasteiger partial charge in [0.25, 0.3) is 11.6 Å². The summed E-state index contributed by atoms with van der Waals surface area (Å²) >= 11 is 3.00. The summed E-state index contributed by atoms with van der Waals surface area (Å²) in [5, 5.41) is 13.3. The molecule has 0 atom stereocenters. The average Bonchev–Trinajstić information content (AvgIpc) is 2.42. The zero-order chi connectivity index (χ0) is 15.6. The number of nitrogens with two attached hydrogens (primary N) is 1. The monoisotopic (exact) mass is 353 g/mol. The fraction of sp³-hybridized carbons (Fsp3) is 0. The Morgan fingerprint density at radius 3 is 2.67 bits per heavy atom. The molecule has 0 bridgehead atoms. The van der Waals surface area contributed by atoms with Crippen molar-refractivity contribution in [3.8, 4) is 0 Å². The molecule has 0 fully saturated rings. The fourth-order valence-electron chi connectivity index (χ4n) is 1.68. The zero-order valence-corrected chi connectivity index (χ0v) is 12.1. The van der Waals surface area contributed by atoms with Crippen molar-refractivity contribution in [1.29, 1.82) is 0 Å². The molecule has 2 aromatic carbocycles. The number of nitro benzene ring substituents is 1. The van der Waals surface area contributed by atoms with Crippen LogP contribution in [0.2, 0.25) is 0 Å². The van der Waals surface area contributed by atoms with Gasteiger partial charge in [-0.2, -0.15) is 0 Å². The first-order chi connectivity index (χ1) is 9.90. The van der Waals surface area contributed by atoms with E-state index in [4.69, 9.17) is 5.73 Å². The molecule has 2 aromatic rings. The molecule has 0 unspecified atom stereocenters. The largest absolute Gasteiger partial charge is 0.393 e. The number of hydrogen-bond donors (Lipinski definition) is 2. The maximum absolute atomic E-state index is 13.1. The van der Waals surface area contributed by atoms with Gasteiger partial charge >= 0.3 is 0 Å². The van der Waals surface area contributed by atoms with E-state index in [1.165, 1.54) is 36.4 Å². The molecule has 0 aliphatic carbocycles. The molecule has 0 heterocycles. The lowest BCUT2D eigenvalue weighted by molar-refractivity contribution is -0.383. The van der Waals surface area contributed by atoms with Gasteiger partial charge in [0.15, 0.2) is 0 Å². The van der Waals surface area contributed by atoms with Crippen LogP contribution in [0.1, 0.15) is 10.4 Å². The first-order valence-electron chi connectivity index (χ1n) is 5.69. The number of para-hydroxylation sites is 1. The van der Waals surface area contributed by atoms with Gasteiger partial charge in [-0.25, -0.2) is 4.39 Å². The Kier molecular flexibility index (Phi) is 4.18. The molecule has 108 valence electrons. The standard InChI is InChI=1S/C13H9BrFN3O3/c14-9-6-7(4-5-10(9)15)17-13(19)8-2-1-3-11(12(8)16)18(20)21/h1-6H,16H2,(H,17,19). The maximum Gasteiger partial charge on any atom is 0.292 e. The molecule has 3 N–H and O–H groups in total. The van der Waals surface area contributed by atoms with Gasteiger partial charge in [-0.3, -0.25) is 14.9 Å². The van der Waals surface area contributed by atoms with Crippen LogP contribution in [0.5, 0.6) is 0 Å². The normalized spacial score (nSPS) is 10.2. The van der Waals surface area contributed by atoms with Gasteiger partial charge in [0.05, 0.1) is 15.0 Å². The predicted molar refractivity (Wildman–Crippen MR) is 79.6 cm³/mol. The summed E-state index contributed by atoms with van der Waals surface area (Å²) in [6, 6.07) is 7.86. The quantitative estimate of drug-likeness (QED) is 0.502. The lowest BCUT2D eigenvalue weighted by Gasteiger charge is -2.08. The van der Waals surface area contributed by atoms with Gasteiger partial charge in [0.1, 0.15) is 11.5 Å². The molecular formula is C13H9BrFN3O3. The second-order valence-corrected chi connectivity index (χ2v) is 4.93. The first-order valence-corrected chi connectivity index (χ1v) is 6.48. The Bertz CT molecular complexity index is 737. The highest BCUT2D eigenvalue weighted by atomic mass is 79.9. The molecule has 0 radical (unpaired) electrons. The van der Waals surface area contributed by atoms with Crippen LogP contribution in [-0.4, -0.2) is 10.8 Å². The summed E-state index contributed by atoms with van der Waals surface area (Å²) in [4.78, 5) is 22.2. The number of rotatable bonds is 3. The molecule has 0 aliphatic rings. The number of benzene rings is 2. The number of nitrogens with one attached hydrogen (secondary N) is 1. The van der Waals surface area contributed by atoms with Crippen LogP contribution in [-0.2, 0) is 0 Å². The van der Waals surface area contributed by atoms with Crippen LogP contribution in [0.15, 0.2) is 40.9 Å². The molecule has 6 nitrogen and oxygen atoms in total. The Morgan fingerprint density at radius 1 is 1.33 bits per heavy atom. The van der Waals surface area contributed by atoms with Gasteiger partial charge in [-0.15, -0.1) is 0 Å². The number of carbonyl (C=O) groups is 1. The molecule has 2 rings (SSSR count). The van der Waals surface area contributed by atoms with Crippen molar-refractivity contribution in [2.75, 3.05) is 11.1 Å². The van der Waals surface area contributed by atoms with E-state index in [1.54, 1.807) is 0 Å². The van der Waals surface area contributed by atoms with Crippen molar-refractivity contribution >= 4 is 38.9 Å². The number of carbonyl (C=O) groups excluding carboxylic acids is 1. The van der Waals surface area contributed by atoms with Gasteiger partial charge in [-0.1, -0.05) is 6.07 Å². The molecule has 0 aromatic heterocycles. The van der Waals surface area contributed by atoms with Crippen molar-refractivity contribution in [3.05, 3.63) is 62.4 Å². The van der Waals surface area contributed by atoms with Gasteiger partial charge in [0.2, 0.25) is 0 Å². The summed E-state index contributed by atoms with van der Waals surface area (Å²) in [6.45, 7) is 0. The van der Waals surface area contributed by atoms with E-state index in [-0.39, 0.29) is 21.4 Å². The third-order valence-electron chi connectivity index (χ3n) is 2.70. The molecular weight excluding hydrogens is 345 g/mol. The summed E-state index contributed by atoms with van der Waals surface area (Å²) in [7, 11) is 0. The fourth-order valence-corrected chi connectivity index (χ4v) is 2.06. The molecule has 8 heteroatoms. The number of halogens is 2. The number of anilines is 2. The minimum absolute atomic E-state index is 0.0235. The van der Waals surface area contributed by atoms with Crippen LogP contribution in [0.3, 0.4) is 0 Å². The zero-order valence-electron chi connectivity index (χ0n) is 10.5. The lowest BCUT2D eigenvalue weighted by atomic mass is 10.1. The molecule has 0 saturated heterocycles. The van der Waals surface area contributed by atoms with E-state index in [9.17, 15) is 19.3 Å². The van der Waals surface area contributed by atoms with Crippen LogP contribution in [0.4, 0.5) is 21.5 Å². The molecule has 21 heavy (non-hydrogen) atoms. The van der Waals surface area contributed by atoms with Crippen LogP contribution < -0.4 is 11.1 Å². The van der Waals surface area contributed by atoms with E-state index in [0.717, 1.165) is 0 Å². The summed E-state index contributed by atoms with van der Waals surface area (Å²) < 4.78 is 13.3. The van der Waals surface area contributed by atoms with E-state index >= 15 is 0 Å². The van der Waals surface area contributed by atoms with Gasteiger partial charge < -0.3 is 11.1 Å². The lowest BCUT2D eigenvalue weighted by Crippen LogP contribution is -2.15. The Hall–Kier alpha value is -2.48. The summed E-state index contributed by atoms with van der Waals surface area (Å²) in [5.41, 5.74) is 5.36. The highest BCUT2D eigenvalue weighted by Gasteiger charge is 2.19. The number of hydrogen-bond acceptors (Lipinski definition) is 4. The smallest absolute Gasteiger partial charge is 0.292 e. The van der Waals surface area contributed by atoms with Crippen molar-refractivity contribution in [2.45, 2.75) is 0 Å². The Morgan fingerprint density at radius 2 is 2.05 bits per heavy atom. The summed E-state index contributed by atoms with van der Waals surface area (Å²) in [5.74, 6) is -1.09. The SMILES string of the molecule is Nc1c(C(=O)Nc2ccc(F)c(Br)c2)cccc1[N+](=O)[O-]. The third kappa shape index (κ3) is 3.16. The number of nitrogens with zero attached hydrogens (tertiary/aromatic N) is 1. The Balaban J connectivity index is 2.30. The van der Waals surface area contributed by atoms with Crippen LogP contribution >= 0.6 is 15.9 Å². The second kappa shape index (κ2) is 5.88. The number of nitrogen functional groups attached to an aromatic ring is 1. The van der Waals surface area contributed by atoms with Crippen molar-refractivity contribution in [2.24, 2.45) is 0 Å². The highest BCUT2D eigenvalue weighted by molar-refractivity contribution is 9.10. The average molecular weight is 354 g/mol. The molecule has 1 amide bonds. The topological polar surface area (TPSA) is 98.3 Å². The third-order valence-corrected chi connectivity index (χ3v) is 3.31. The summed E-state index contributed by atoms with van der Waals surface area (Å²) in [6.07, 6.45) is 0. The van der Waals surface area contributed by atoms with Crippen molar-refractivity contribution in [1.82, 2.24) is 0 Å². The molecule has 0 aliphatic heterocycles.